The monoisotopic (exact) mass is 393 g/mol. The van der Waals surface area contributed by atoms with Crippen LogP contribution in [0.1, 0.15) is 29.9 Å². The van der Waals surface area contributed by atoms with E-state index in [1.807, 2.05) is 29.6 Å². The second-order valence-corrected chi connectivity index (χ2v) is 7.97. The summed E-state index contributed by atoms with van der Waals surface area (Å²) in [6.45, 7) is 1.77. The summed E-state index contributed by atoms with van der Waals surface area (Å²) in [5, 5.41) is 1.88. The number of thiophene rings is 1. The Morgan fingerprint density at radius 1 is 1.29 bits per heavy atom. The van der Waals surface area contributed by atoms with Crippen molar-refractivity contribution in [1.82, 2.24) is 14.4 Å². The molecule has 140 valence electrons. The van der Waals surface area contributed by atoms with Gasteiger partial charge in [0, 0.05) is 17.3 Å². The molecule has 0 aromatic carbocycles. The summed E-state index contributed by atoms with van der Waals surface area (Å²) >= 11 is 1.48. The summed E-state index contributed by atoms with van der Waals surface area (Å²) < 4.78 is 16.3. The van der Waals surface area contributed by atoms with Crippen LogP contribution in [0.3, 0.4) is 0 Å². The number of H-pyrrole nitrogens is 1. The van der Waals surface area contributed by atoms with Gasteiger partial charge >= 0.3 is 5.69 Å². The quantitative estimate of drug-likeness (QED) is 0.570. The third-order valence-electron chi connectivity index (χ3n) is 5.18. The molecule has 4 aromatic rings. The molecule has 1 aliphatic rings. The molecule has 0 unspecified atom stereocenters. The maximum absolute atomic E-state index is 15.0. The van der Waals surface area contributed by atoms with Gasteiger partial charge in [-0.05, 0) is 60.4 Å². The number of rotatable bonds is 3. The Morgan fingerprint density at radius 3 is 2.82 bits per heavy atom. The van der Waals surface area contributed by atoms with Crippen LogP contribution in [0.2, 0.25) is 0 Å². The number of halogens is 1. The van der Waals surface area contributed by atoms with Crippen molar-refractivity contribution in [3.63, 3.8) is 0 Å². The van der Waals surface area contributed by atoms with Gasteiger partial charge in [0.05, 0.1) is 22.3 Å². The van der Waals surface area contributed by atoms with Gasteiger partial charge in [-0.15, -0.1) is 11.3 Å². The highest BCUT2D eigenvalue weighted by atomic mass is 32.1. The smallest absolute Gasteiger partial charge is 0.273 e. The highest BCUT2D eigenvalue weighted by Crippen LogP contribution is 2.42. The molecule has 0 aliphatic heterocycles. The number of aromatic nitrogens is 3. The van der Waals surface area contributed by atoms with Crippen LogP contribution in [-0.4, -0.2) is 14.4 Å². The molecule has 0 saturated heterocycles. The Labute approximate surface area is 163 Å². The summed E-state index contributed by atoms with van der Waals surface area (Å²) in [4.78, 5) is 32.3. The molecule has 1 saturated carbocycles. The Bertz CT molecular complexity index is 1330. The predicted molar refractivity (Wildman–Crippen MR) is 108 cm³/mol. The van der Waals surface area contributed by atoms with Crippen molar-refractivity contribution < 1.29 is 4.39 Å². The molecular formula is C21H16FN3O2S. The molecule has 4 aromatic heterocycles. The largest absolute Gasteiger partial charge is 0.333 e. The Hall–Kier alpha value is -3.06. The molecule has 1 aliphatic carbocycles. The van der Waals surface area contributed by atoms with Crippen molar-refractivity contribution in [2.24, 2.45) is 0 Å². The lowest BCUT2D eigenvalue weighted by atomic mass is 9.99. The molecule has 1 N–H and O–H groups in total. The van der Waals surface area contributed by atoms with Crippen LogP contribution >= 0.6 is 11.3 Å². The lowest BCUT2D eigenvalue weighted by molar-refractivity contribution is 0.618. The Kier molecular flexibility index (Phi) is 3.80. The van der Waals surface area contributed by atoms with E-state index in [2.05, 4.69) is 9.97 Å². The molecule has 0 amide bonds. The summed E-state index contributed by atoms with van der Waals surface area (Å²) in [6.07, 6.45) is 4.72. The number of pyridine rings is 2. The molecule has 0 bridgehead atoms. The minimum Gasteiger partial charge on any atom is -0.273 e. The highest BCUT2D eigenvalue weighted by molar-refractivity contribution is 7.14. The van der Waals surface area contributed by atoms with Crippen molar-refractivity contribution in [1.29, 1.82) is 0 Å². The molecule has 4 heterocycles. The Morgan fingerprint density at radius 2 is 2.11 bits per heavy atom. The average molecular weight is 393 g/mol. The first-order valence-electron chi connectivity index (χ1n) is 9.02. The van der Waals surface area contributed by atoms with Gasteiger partial charge in [0.2, 0.25) is 0 Å². The lowest BCUT2D eigenvalue weighted by Crippen LogP contribution is -2.29. The van der Waals surface area contributed by atoms with E-state index in [0.29, 0.717) is 22.2 Å². The van der Waals surface area contributed by atoms with Crippen molar-refractivity contribution in [3.05, 3.63) is 79.8 Å². The van der Waals surface area contributed by atoms with E-state index in [-0.39, 0.29) is 11.5 Å². The number of aromatic amines is 1. The van der Waals surface area contributed by atoms with E-state index in [9.17, 15) is 9.59 Å². The molecule has 1 fully saturated rings. The normalized spacial score (nSPS) is 13.9. The van der Waals surface area contributed by atoms with Gasteiger partial charge in [0.25, 0.3) is 5.56 Å². The lowest BCUT2D eigenvalue weighted by Gasteiger charge is -2.13. The molecule has 0 radical (unpaired) electrons. The highest BCUT2D eigenvalue weighted by Gasteiger charge is 2.31. The number of nitrogens with one attached hydrogen (secondary N) is 1. The van der Waals surface area contributed by atoms with E-state index in [1.165, 1.54) is 21.9 Å². The van der Waals surface area contributed by atoms with Crippen LogP contribution in [-0.2, 0) is 0 Å². The summed E-state index contributed by atoms with van der Waals surface area (Å²) in [5.41, 5.74) is 2.70. The summed E-state index contributed by atoms with van der Waals surface area (Å²) in [6, 6.07) is 7.56. The first-order valence-corrected chi connectivity index (χ1v) is 9.90. The fraction of sp³-hybridized carbons (Fsp3) is 0.190. The first kappa shape index (κ1) is 17.1. The van der Waals surface area contributed by atoms with Crippen LogP contribution < -0.4 is 11.2 Å². The minimum atomic E-state index is -0.613. The fourth-order valence-electron chi connectivity index (χ4n) is 3.76. The standard InChI is InChI=1S/C21H16FN3O2S/c1-11-17(13-8-16(28-10-13)15-4-2-3-7-23-15)14(22)9-25-19(11)18(12-5-6-12)20(26)24-21(25)27/h2-4,7-10,12H,5-6H2,1H3,(H,24,26,27). The van der Waals surface area contributed by atoms with Gasteiger partial charge in [-0.2, -0.15) is 0 Å². The van der Waals surface area contributed by atoms with E-state index < -0.39 is 11.5 Å². The van der Waals surface area contributed by atoms with Gasteiger partial charge < -0.3 is 0 Å². The number of fused-ring (bicyclic) bond motifs is 1. The van der Waals surface area contributed by atoms with E-state index >= 15 is 4.39 Å². The van der Waals surface area contributed by atoms with Crippen LogP contribution in [0.25, 0.3) is 27.2 Å². The number of nitrogens with zero attached hydrogens (tertiary/aromatic N) is 2. The molecule has 5 rings (SSSR count). The van der Waals surface area contributed by atoms with Gasteiger partial charge in [0.1, 0.15) is 5.82 Å². The predicted octanol–water partition coefficient (Wildman–Crippen LogP) is 4.10. The van der Waals surface area contributed by atoms with Crippen LogP contribution in [0, 0.1) is 12.7 Å². The second-order valence-electron chi connectivity index (χ2n) is 7.06. The van der Waals surface area contributed by atoms with E-state index in [4.69, 9.17) is 0 Å². The number of hydrogen-bond donors (Lipinski definition) is 1. The molecule has 0 atom stereocenters. The maximum Gasteiger partial charge on any atom is 0.333 e. The minimum absolute atomic E-state index is 0.128. The van der Waals surface area contributed by atoms with E-state index in [1.54, 1.807) is 13.1 Å². The Balaban J connectivity index is 1.77. The van der Waals surface area contributed by atoms with Crippen molar-refractivity contribution >= 4 is 16.9 Å². The summed E-state index contributed by atoms with van der Waals surface area (Å²) in [7, 11) is 0. The van der Waals surface area contributed by atoms with Crippen LogP contribution in [0.15, 0.2) is 51.6 Å². The molecule has 28 heavy (non-hydrogen) atoms. The number of aryl methyl sites for hydroxylation is 1. The van der Waals surface area contributed by atoms with E-state index in [0.717, 1.165) is 29.0 Å². The van der Waals surface area contributed by atoms with Crippen molar-refractivity contribution in [2.75, 3.05) is 0 Å². The van der Waals surface area contributed by atoms with Gasteiger partial charge in [0.15, 0.2) is 0 Å². The van der Waals surface area contributed by atoms with Gasteiger partial charge in [-0.1, -0.05) is 6.07 Å². The van der Waals surface area contributed by atoms with Crippen LogP contribution in [0.4, 0.5) is 4.39 Å². The molecule has 0 spiro atoms. The second kappa shape index (κ2) is 6.24. The van der Waals surface area contributed by atoms with Crippen molar-refractivity contribution in [3.8, 4) is 21.7 Å². The zero-order chi connectivity index (χ0) is 19.4. The molecular weight excluding hydrogens is 377 g/mol. The fourth-order valence-corrected chi connectivity index (χ4v) is 4.64. The number of hydrogen-bond acceptors (Lipinski definition) is 4. The topological polar surface area (TPSA) is 67.2 Å². The van der Waals surface area contributed by atoms with Crippen molar-refractivity contribution in [2.45, 2.75) is 25.7 Å². The SMILES string of the molecule is Cc1c(-c2csc(-c3ccccn3)c2)c(F)cn2c(=O)[nH]c(=O)c(C3CC3)c12. The molecule has 5 nitrogen and oxygen atoms in total. The van der Waals surface area contributed by atoms with Gasteiger partial charge in [-0.25, -0.2) is 9.18 Å². The maximum atomic E-state index is 15.0. The average Bonchev–Trinajstić information content (AvgIpc) is 3.40. The summed E-state index contributed by atoms with van der Waals surface area (Å²) in [5.74, 6) is -0.366. The zero-order valence-corrected chi connectivity index (χ0v) is 15.8. The third kappa shape index (κ3) is 2.62. The molecule has 7 heteroatoms. The first-order chi connectivity index (χ1) is 13.5. The van der Waals surface area contributed by atoms with Gasteiger partial charge in [-0.3, -0.25) is 19.2 Å². The zero-order valence-electron chi connectivity index (χ0n) is 15.0. The van der Waals surface area contributed by atoms with Crippen LogP contribution in [0.5, 0.6) is 0 Å². The third-order valence-corrected chi connectivity index (χ3v) is 6.14.